The summed E-state index contributed by atoms with van der Waals surface area (Å²) in [7, 11) is 0. The van der Waals surface area contributed by atoms with E-state index in [0.29, 0.717) is 11.3 Å². The first-order valence-electron chi connectivity index (χ1n) is 11.2. The maximum absolute atomic E-state index is 13.5. The molecule has 0 radical (unpaired) electrons. The van der Waals surface area contributed by atoms with E-state index in [4.69, 9.17) is 20.9 Å². The monoisotopic (exact) mass is 473 g/mol. The van der Waals surface area contributed by atoms with Crippen LogP contribution in [0.15, 0.2) is 28.9 Å². The molecule has 3 aliphatic rings. The summed E-state index contributed by atoms with van der Waals surface area (Å²) >= 11 is 6.37. The van der Waals surface area contributed by atoms with Crippen LogP contribution in [0.4, 0.5) is 20.2 Å². The number of ether oxygens (including phenoxy) is 1. The Hall–Kier alpha value is -2.74. The Labute approximate surface area is 193 Å². The number of carbonyl (C=O) groups is 1. The third-order valence-electron chi connectivity index (χ3n) is 7.20. The van der Waals surface area contributed by atoms with Gasteiger partial charge in [-0.2, -0.15) is 0 Å². The third kappa shape index (κ3) is 3.06. The van der Waals surface area contributed by atoms with E-state index in [-0.39, 0.29) is 35.6 Å². The lowest BCUT2D eigenvalue weighted by atomic mass is 9.91. The van der Waals surface area contributed by atoms with Gasteiger partial charge in [0.1, 0.15) is 11.1 Å². The number of carbonyl (C=O) groups excluding carboxylic acids is 1. The smallest absolute Gasteiger partial charge is 0.255 e. The standard InChI is InChI=1S/C24H22ClF2N3O3/c1-3-12(2)20-15-7-16-18(8-19(15)33-29-20)30(22(31)23(16)4-5-23)13-6-17(25)21(28-11-13)32-14-9-24(26,27)10-14/h6-8,11-12,14H,3-5,9-10H2,1-2H3. The molecule has 2 aromatic heterocycles. The van der Waals surface area contributed by atoms with E-state index >= 15 is 0 Å². The molecule has 2 aliphatic carbocycles. The molecule has 0 saturated heterocycles. The third-order valence-corrected chi connectivity index (χ3v) is 7.47. The van der Waals surface area contributed by atoms with E-state index in [1.54, 1.807) is 11.0 Å². The molecular formula is C24H22ClF2N3O3. The number of anilines is 2. The fraction of sp³-hybridized carbons (Fsp3) is 0.458. The van der Waals surface area contributed by atoms with Crippen molar-refractivity contribution in [2.75, 3.05) is 4.90 Å². The zero-order valence-corrected chi connectivity index (χ0v) is 19.0. The molecule has 1 aromatic carbocycles. The summed E-state index contributed by atoms with van der Waals surface area (Å²) in [5.41, 5.74) is 3.21. The van der Waals surface area contributed by atoms with Gasteiger partial charge in [-0.05, 0) is 37.0 Å². The molecule has 6 rings (SSSR count). The van der Waals surface area contributed by atoms with Crippen molar-refractivity contribution in [2.24, 2.45) is 0 Å². The van der Waals surface area contributed by atoms with Crippen molar-refractivity contribution in [3.8, 4) is 5.88 Å². The Morgan fingerprint density at radius 3 is 2.70 bits per heavy atom. The van der Waals surface area contributed by atoms with Crippen LogP contribution < -0.4 is 9.64 Å². The average Bonchev–Trinajstić information content (AvgIpc) is 3.41. The Balaban J connectivity index is 1.37. The van der Waals surface area contributed by atoms with Crippen LogP contribution in [0.25, 0.3) is 11.0 Å². The summed E-state index contributed by atoms with van der Waals surface area (Å²) in [6.07, 6.45) is 2.69. The van der Waals surface area contributed by atoms with Gasteiger partial charge >= 0.3 is 0 Å². The van der Waals surface area contributed by atoms with Crippen LogP contribution in [0.2, 0.25) is 5.02 Å². The number of fused-ring (bicyclic) bond motifs is 3. The van der Waals surface area contributed by atoms with Crippen LogP contribution in [0, 0.1) is 0 Å². The van der Waals surface area contributed by atoms with E-state index in [2.05, 4.69) is 30.1 Å². The van der Waals surface area contributed by atoms with Crippen LogP contribution in [-0.4, -0.2) is 28.1 Å². The Kier molecular flexibility index (Phi) is 4.35. The van der Waals surface area contributed by atoms with Crippen LogP contribution in [0.3, 0.4) is 0 Å². The zero-order valence-electron chi connectivity index (χ0n) is 18.2. The van der Waals surface area contributed by atoms with Gasteiger partial charge in [-0.15, -0.1) is 0 Å². The van der Waals surface area contributed by atoms with Gasteiger partial charge in [-0.25, -0.2) is 13.8 Å². The molecule has 0 bridgehead atoms. The maximum Gasteiger partial charge on any atom is 0.255 e. The lowest BCUT2D eigenvalue weighted by Crippen LogP contribution is -2.43. The van der Waals surface area contributed by atoms with Gasteiger partial charge in [0.15, 0.2) is 5.58 Å². The lowest BCUT2D eigenvalue weighted by Gasteiger charge is -2.34. The minimum atomic E-state index is -2.69. The topological polar surface area (TPSA) is 68.5 Å². The Morgan fingerprint density at radius 1 is 1.30 bits per heavy atom. The maximum atomic E-state index is 13.5. The van der Waals surface area contributed by atoms with Crippen molar-refractivity contribution in [1.82, 2.24) is 10.1 Å². The minimum absolute atomic E-state index is 0.0200. The van der Waals surface area contributed by atoms with E-state index < -0.39 is 17.4 Å². The van der Waals surface area contributed by atoms with Crippen molar-refractivity contribution in [1.29, 1.82) is 0 Å². The summed E-state index contributed by atoms with van der Waals surface area (Å²) in [5.74, 6) is -2.37. The highest BCUT2D eigenvalue weighted by Crippen LogP contribution is 2.60. The zero-order chi connectivity index (χ0) is 23.1. The molecule has 9 heteroatoms. The number of pyridine rings is 1. The highest BCUT2D eigenvalue weighted by molar-refractivity contribution is 6.32. The molecule has 6 nitrogen and oxygen atoms in total. The first-order valence-corrected chi connectivity index (χ1v) is 11.6. The van der Waals surface area contributed by atoms with Crippen molar-refractivity contribution in [3.05, 3.63) is 40.7 Å². The number of hydrogen-bond acceptors (Lipinski definition) is 5. The number of alkyl halides is 2. The number of hydrogen-bond donors (Lipinski definition) is 0. The fourth-order valence-electron chi connectivity index (χ4n) is 4.88. The summed E-state index contributed by atoms with van der Waals surface area (Å²) in [4.78, 5) is 19.4. The van der Waals surface area contributed by atoms with E-state index in [1.807, 2.05) is 6.07 Å². The molecule has 1 unspecified atom stereocenters. The van der Waals surface area contributed by atoms with Crippen molar-refractivity contribution < 1.29 is 22.8 Å². The van der Waals surface area contributed by atoms with Gasteiger partial charge in [0.05, 0.1) is 28.7 Å². The quantitative estimate of drug-likeness (QED) is 0.436. The number of halogens is 3. The first kappa shape index (κ1) is 20.8. The second-order valence-electron chi connectivity index (χ2n) is 9.45. The second-order valence-corrected chi connectivity index (χ2v) is 9.86. The number of nitrogens with zero attached hydrogens (tertiary/aromatic N) is 3. The first-order chi connectivity index (χ1) is 15.7. The Bertz CT molecular complexity index is 1300. The molecule has 172 valence electrons. The molecule has 2 saturated carbocycles. The molecule has 33 heavy (non-hydrogen) atoms. The van der Waals surface area contributed by atoms with E-state index in [1.165, 1.54) is 6.20 Å². The normalized spacial score (nSPS) is 21.4. The summed E-state index contributed by atoms with van der Waals surface area (Å²) in [5, 5.41) is 5.41. The van der Waals surface area contributed by atoms with Crippen molar-refractivity contribution >= 4 is 39.9 Å². The second kappa shape index (κ2) is 6.88. The average molecular weight is 474 g/mol. The molecule has 1 atom stereocenters. The predicted molar refractivity (Wildman–Crippen MR) is 119 cm³/mol. The SMILES string of the molecule is CCC(C)c1noc2cc3c(cc12)C1(CC1)C(=O)N3c1cnc(OC2CC(F)(F)C2)c(Cl)c1. The van der Waals surface area contributed by atoms with Gasteiger partial charge in [0.25, 0.3) is 5.92 Å². The molecule has 3 aromatic rings. The largest absolute Gasteiger partial charge is 0.473 e. The molecule has 1 amide bonds. The lowest BCUT2D eigenvalue weighted by molar-refractivity contribution is -0.135. The molecule has 1 aliphatic heterocycles. The molecule has 0 N–H and O–H groups in total. The molecule has 3 heterocycles. The van der Waals surface area contributed by atoms with Gasteiger partial charge in [-0.3, -0.25) is 9.69 Å². The molecule has 2 fully saturated rings. The van der Waals surface area contributed by atoms with Gasteiger partial charge < -0.3 is 9.26 Å². The van der Waals surface area contributed by atoms with Gasteiger partial charge in [0, 0.05) is 30.2 Å². The van der Waals surface area contributed by atoms with E-state index in [0.717, 1.165) is 41.6 Å². The molecule has 1 spiro atoms. The van der Waals surface area contributed by atoms with Gasteiger partial charge in [0.2, 0.25) is 11.8 Å². The van der Waals surface area contributed by atoms with Crippen molar-refractivity contribution in [2.45, 2.75) is 69.3 Å². The minimum Gasteiger partial charge on any atom is -0.473 e. The number of benzene rings is 1. The van der Waals surface area contributed by atoms with Crippen LogP contribution in [0.1, 0.15) is 63.1 Å². The highest BCUT2D eigenvalue weighted by Gasteiger charge is 2.60. The molecular weight excluding hydrogens is 452 g/mol. The van der Waals surface area contributed by atoms with Crippen LogP contribution >= 0.6 is 11.6 Å². The predicted octanol–water partition coefficient (Wildman–Crippen LogP) is 6.28. The van der Waals surface area contributed by atoms with Crippen LogP contribution in [-0.2, 0) is 10.2 Å². The summed E-state index contributed by atoms with van der Waals surface area (Å²) in [6, 6.07) is 5.51. The van der Waals surface area contributed by atoms with E-state index in [9.17, 15) is 13.6 Å². The number of amides is 1. The fourth-order valence-corrected chi connectivity index (χ4v) is 5.09. The number of aromatic nitrogens is 2. The Morgan fingerprint density at radius 2 is 2.06 bits per heavy atom. The van der Waals surface area contributed by atoms with Gasteiger partial charge in [-0.1, -0.05) is 30.6 Å². The summed E-state index contributed by atoms with van der Waals surface area (Å²) < 4.78 is 37.4. The summed E-state index contributed by atoms with van der Waals surface area (Å²) in [6.45, 7) is 4.21. The highest BCUT2D eigenvalue weighted by atomic mass is 35.5. The van der Waals surface area contributed by atoms with Crippen LogP contribution in [0.5, 0.6) is 5.88 Å². The number of rotatable bonds is 5. The van der Waals surface area contributed by atoms with Crippen molar-refractivity contribution in [3.63, 3.8) is 0 Å².